The van der Waals surface area contributed by atoms with E-state index in [4.69, 9.17) is 5.41 Å². The van der Waals surface area contributed by atoms with Crippen LogP contribution in [0, 0.1) is 5.41 Å². The van der Waals surface area contributed by atoms with E-state index >= 15 is 0 Å². The fourth-order valence-electron chi connectivity index (χ4n) is 2.94. The second-order valence-electron chi connectivity index (χ2n) is 6.48. The van der Waals surface area contributed by atoms with Crippen molar-refractivity contribution in [3.63, 3.8) is 0 Å². The third-order valence-electron chi connectivity index (χ3n) is 4.32. The number of hydrogen-bond acceptors (Lipinski definition) is 5. The maximum atomic E-state index is 12.4. The largest absolute Gasteiger partial charge is 0.616 e. The molecule has 3 rings (SSSR count). The molecule has 0 spiro atoms. The number of carbonyl (C=O) groups is 1. The highest BCUT2D eigenvalue weighted by Crippen LogP contribution is 2.27. The maximum Gasteiger partial charge on any atom is 0.573 e. The summed E-state index contributed by atoms with van der Waals surface area (Å²) in [4.78, 5) is 12.2. The van der Waals surface area contributed by atoms with E-state index in [1.54, 1.807) is 28.8 Å². The summed E-state index contributed by atoms with van der Waals surface area (Å²) < 4.78 is 55.4. The van der Waals surface area contributed by atoms with Crippen LogP contribution in [-0.2, 0) is 17.7 Å². The zero-order valence-corrected chi connectivity index (χ0v) is 17.4. The van der Waals surface area contributed by atoms with Gasteiger partial charge in [-0.05, 0) is 24.6 Å². The van der Waals surface area contributed by atoms with Gasteiger partial charge in [-0.1, -0.05) is 52.8 Å². The first-order chi connectivity index (χ1) is 14.2. The van der Waals surface area contributed by atoms with E-state index in [0.29, 0.717) is 46.7 Å². The van der Waals surface area contributed by atoms with Gasteiger partial charge in [0.05, 0.1) is 16.8 Å². The Morgan fingerprint density at radius 1 is 1.17 bits per heavy atom. The number of ether oxygens (including phenoxy) is 1. The first kappa shape index (κ1) is 22.4. The van der Waals surface area contributed by atoms with Crippen molar-refractivity contribution < 1.29 is 27.3 Å². The van der Waals surface area contributed by atoms with Gasteiger partial charge in [0, 0.05) is 12.0 Å². The second-order valence-corrected chi connectivity index (χ2v) is 9.20. The van der Waals surface area contributed by atoms with Crippen molar-refractivity contribution in [1.82, 2.24) is 4.57 Å². The lowest BCUT2D eigenvalue weighted by Crippen LogP contribution is -2.21. The van der Waals surface area contributed by atoms with Crippen molar-refractivity contribution in [2.24, 2.45) is 0 Å². The van der Waals surface area contributed by atoms with Crippen molar-refractivity contribution in [3.8, 4) is 5.75 Å². The normalized spacial score (nSPS) is 12.8. The highest BCUT2D eigenvalue weighted by molar-refractivity contribution is 7.91. The molecule has 0 saturated carbocycles. The Labute approximate surface area is 177 Å². The van der Waals surface area contributed by atoms with Crippen LogP contribution < -0.4 is 9.54 Å². The number of thiazole rings is 1. The van der Waals surface area contributed by atoms with Crippen LogP contribution in [0.25, 0.3) is 10.2 Å². The van der Waals surface area contributed by atoms with E-state index in [1.807, 2.05) is 6.07 Å². The molecule has 0 aliphatic carbocycles. The Kier molecular flexibility index (Phi) is 7.22. The molecule has 30 heavy (non-hydrogen) atoms. The van der Waals surface area contributed by atoms with Crippen molar-refractivity contribution in [1.29, 1.82) is 5.41 Å². The molecule has 0 fully saturated rings. The smallest absolute Gasteiger partial charge is 0.573 e. The van der Waals surface area contributed by atoms with E-state index < -0.39 is 17.5 Å². The first-order valence-corrected chi connectivity index (χ1v) is 11.4. The zero-order chi connectivity index (χ0) is 21.7. The van der Waals surface area contributed by atoms with E-state index in [1.165, 1.54) is 18.2 Å². The summed E-state index contributed by atoms with van der Waals surface area (Å²) in [6.07, 6.45) is -3.96. The molecule has 0 aliphatic heterocycles. The Bertz CT molecular complexity index is 1060. The van der Waals surface area contributed by atoms with Gasteiger partial charge in [0.15, 0.2) is 10.6 Å². The van der Waals surface area contributed by atoms with Gasteiger partial charge in [-0.3, -0.25) is 10.2 Å². The topological polar surface area (TPSA) is 78.1 Å². The maximum absolute atomic E-state index is 12.4. The van der Waals surface area contributed by atoms with Crippen LogP contribution in [0.15, 0.2) is 48.5 Å². The van der Waals surface area contributed by atoms with Crippen LogP contribution in [0.1, 0.15) is 23.2 Å². The fourth-order valence-corrected chi connectivity index (χ4v) is 4.97. The summed E-state index contributed by atoms with van der Waals surface area (Å²) in [5, 5.41) is 8.06. The zero-order valence-electron chi connectivity index (χ0n) is 15.8. The summed E-state index contributed by atoms with van der Waals surface area (Å²) in [7, 11) is 0. The summed E-state index contributed by atoms with van der Waals surface area (Å²) >= 11 is -0.143. The van der Waals surface area contributed by atoms with Crippen molar-refractivity contribution in [2.45, 2.75) is 25.7 Å². The molecule has 1 atom stereocenters. The van der Waals surface area contributed by atoms with Crippen molar-refractivity contribution in [3.05, 3.63) is 58.9 Å². The minimum absolute atomic E-state index is 0.0103. The molecule has 2 aromatic carbocycles. The minimum Gasteiger partial charge on any atom is -0.616 e. The number of halogens is 3. The van der Waals surface area contributed by atoms with Crippen molar-refractivity contribution >= 4 is 38.5 Å². The van der Waals surface area contributed by atoms with Gasteiger partial charge in [-0.25, -0.2) is 0 Å². The second kappa shape index (κ2) is 9.67. The molecule has 0 amide bonds. The number of rotatable bonds is 9. The number of Topliss-reactive ketones (excluding diaryl/α,β-unsaturated/α-hetero) is 1. The lowest BCUT2D eigenvalue weighted by atomic mass is 10.1. The molecular weight excluding hydrogens is 437 g/mol. The third-order valence-corrected chi connectivity index (χ3v) is 6.66. The summed E-state index contributed by atoms with van der Waals surface area (Å²) in [6.45, 7) is 0.303. The molecule has 1 aromatic heterocycles. The van der Waals surface area contributed by atoms with Crippen LogP contribution in [-0.4, -0.2) is 32.8 Å². The number of ketones is 1. The quantitative estimate of drug-likeness (QED) is 0.381. The summed E-state index contributed by atoms with van der Waals surface area (Å²) in [6, 6.07) is 12.8. The molecule has 1 unspecified atom stereocenters. The van der Waals surface area contributed by atoms with Gasteiger partial charge in [-0.15, -0.1) is 13.2 Å². The van der Waals surface area contributed by atoms with Crippen LogP contribution in [0.3, 0.4) is 0 Å². The van der Waals surface area contributed by atoms with Gasteiger partial charge < -0.3 is 13.9 Å². The Balaban J connectivity index is 1.54. The number of aromatic nitrogens is 1. The Hall–Kier alpha value is -2.30. The standard InChI is InChI=1S/C20H19F3N2O3S2/c21-20(22,23)28-15-8-9-16-18(13-15)29-19(24)25(16)10-12-30(27)11-4-7-17(26)14-5-2-1-3-6-14/h1-3,5-6,8-9,13,24H,4,7,10-12H2. The lowest BCUT2D eigenvalue weighted by Gasteiger charge is -2.12. The first-order valence-electron chi connectivity index (χ1n) is 9.10. The van der Waals surface area contributed by atoms with Crippen LogP contribution in [0.4, 0.5) is 13.2 Å². The molecule has 1 N–H and O–H groups in total. The SMILES string of the molecule is N=c1sc2cc(OC(F)(F)F)ccc2n1CC[S+]([O-])CCCC(=O)c1ccccc1. The average Bonchev–Trinajstić information content (AvgIpc) is 3.00. The number of hydrogen-bond donors (Lipinski definition) is 1. The molecule has 0 radical (unpaired) electrons. The van der Waals surface area contributed by atoms with Gasteiger partial charge in [0.2, 0.25) is 0 Å². The van der Waals surface area contributed by atoms with Crippen LogP contribution >= 0.6 is 11.3 Å². The molecule has 1 heterocycles. The molecular formula is C20H19F3N2O3S2. The fraction of sp³-hybridized carbons (Fsp3) is 0.300. The van der Waals surface area contributed by atoms with Crippen LogP contribution in [0.5, 0.6) is 5.75 Å². The Morgan fingerprint density at radius 3 is 2.60 bits per heavy atom. The van der Waals surface area contributed by atoms with Gasteiger partial charge in [-0.2, -0.15) is 0 Å². The number of alkyl halides is 3. The number of nitrogens with one attached hydrogen (secondary N) is 1. The van der Waals surface area contributed by atoms with E-state index in [2.05, 4.69) is 4.74 Å². The highest BCUT2D eigenvalue weighted by Gasteiger charge is 2.31. The average molecular weight is 457 g/mol. The summed E-state index contributed by atoms with van der Waals surface area (Å²) in [5.74, 6) is 0.340. The van der Waals surface area contributed by atoms with Gasteiger partial charge in [0.1, 0.15) is 17.3 Å². The third kappa shape index (κ3) is 6.10. The van der Waals surface area contributed by atoms with Gasteiger partial charge in [0.25, 0.3) is 0 Å². The van der Waals surface area contributed by atoms with Crippen molar-refractivity contribution in [2.75, 3.05) is 11.5 Å². The van der Waals surface area contributed by atoms with E-state index in [0.717, 1.165) is 11.3 Å². The predicted molar refractivity (Wildman–Crippen MR) is 110 cm³/mol. The predicted octanol–water partition coefficient (Wildman–Crippen LogP) is 4.49. The number of aryl methyl sites for hydroxylation is 1. The number of fused-ring (bicyclic) bond motifs is 1. The van der Waals surface area contributed by atoms with Gasteiger partial charge >= 0.3 is 6.36 Å². The van der Waals surface area contributed by atoms with E-state index in [-0.39, 0.29) is 16.3 Å². The monoisotopic (exact) mass is 456 g/mol. The van der Waals surface area contributed by atoms with E-state index in [9.17, 15) is 22.5 Å². The molecule has 5 nitrogen and oxygen atoms in total. The minimum atomic E-state index is -4.77. The number of carbonyl (C=O) groups excluding carboxylic acids is 1. The molecule has 3 aromatic rings. The molecule has 0 saturated heterocycles. The molecule has 10 heteroatoms. The Morgan fingerprint density at radius 2 is 1.90 bits per heavy atom. The molecule has 0 aliphatic rings. The molecule has 0 bridgehead atoms. The highest BCUT2D eigenvalue weighted by atomic mass is 32.2. The summed E-state index contributed by atoms with van der Waals surface area (Å²) in [5.41, 5.74) is 1.23. The lowest BCUT2D eigenvalue weighted by molar-refractivity contribution is -0.274. The number of nitrogens with zero attached hydrogens (tertiary/aromatic N) is 1. The van der Waals surface area contributed by atoms with Crippen LogP contribution in [0.2, 0.25) is 0 Å². The number of benzene rings is 2. The molecule has 160 valence electrons.